The van der Waals surface area contributed by atoms with Crippen molar-refractivity contribution in [3.05, 3.63) is 30.2 Å². The number of fused-ring (bicyclic) bond motifs is 1. The second-order valence-corrected chi connectivity index (χ2v) is 2.19. The van der Waals surface area contributed by atoms with Gasteiger partial charge in [0.05, 0.1) is 11.9 Å². The van der Waals surface area contributed by atoms with Gasteiger partial charge in [0, 0.05) is 15.3 Å². The lowest BCUT2D eigenvalue weighted by Crippen LogP contribution is -1.90. The summed E-state index contributed by atoms with van der Waals surface area (Å²) in [5, 5.41) is 4.09. The van der Waals surface area contributed by atoms with Gasteiger partial charge in [0.2, 0.25) is 0 Å². The molecule has 0 N–H and O–H groups in total. The van der Waals surface area contributed by atoms with E-state index in [0.717, 1.165) is 11.3 Å². The first-order valence-electron chi connectivity index (χ1n) is 3.27. The number of aryl methyl sites for hydroxylation is 1. The van der Waals surface area contributed by atoms with Crippen LogP contribution < -0.4 is 0 Å². The monoisotopic (exact) mass is 191 g/mol. The molecular weight excluding hydrogens is 183 g/mol. The van der Waals surface area contributed by atoms with Gasteiger partial charge in [0.1, 0.15) is 0 Å². The molecule has 3 nitrogen and oxygen atoms in total. The summed E-state index contributed by atoms with van der Waals surface area (Å²) in [4.78, 5) is 4.12. The SMILES string of the molecule is Cc1cnc2cccnn12.F.FF. The van der Waals surface area contributed by atoms with E-state index in [0.29, 0.717) is 0 Å². The molecule has 13 heavy (non-hydrogen) atoms. The van der Waals surface area contributed by atoms with Crippen LogP contribution in [0.5, 0.6) is 0 Å². The highest BCUT2D eigenvalue weighted by Crippen LogP contribution is 2.00. The van der Waals surface area contributed by atoms with E-state index in [9.17, 15) is 0 Å². The maximum Gasteiger partial charge on any atom is 0.153 e. The molecule has 0 unspecified atom stereocenters. The zero-order chi connectivity index (χ0) is 8.97. The molecule has 2 aromatic rings. The molecule has 0 bridgehead atoms. The molecule has 0 saturated heterocycles. The summed E-state index contributed by atoms with van der Waals surface area (Å²) < 4.78 is 17.8. The number of aromatic nitrogens is 3. The van der Waals surface area contributed by atoms with Gasteiger partial charge in [-0.2, -0.15) is 5.10 Å². The van der Waals surface area contributed by atoms with Gasteiger partial charge in [-0.05, 0) is 19.1 Å². The van der Waals surface area contributed by atoms with Gasteiger partial charge in [0.15, 0.2) is 5.65 Å². The summed E-state index contributed by atoms with van der Waals surface area (Å²) in [7, 11) is 0. The fraction of sp³-hybridized carbons (Fsp3) is 0.143. The van der Waals surface area contributed by atoms with Crippen LogP contribution in [0.2, 0.25) is 0 Å². The molecule has 0 aliphatic carbocycles. The van der Waals surface area contributed by atoms with Crippen LogP contribution >= 0.6 is 0 Å². The molecule has 72 valence electrons. The van der Waals surface area contributed by atoms with Gasteiger partial charge >= 0.3 is 0 Å². The molecule has 0 aliphatic heterocycles. The van der Waals surface area contributed by atoms with Gasteiger partial charge < -0.3 is 0 Å². The maximum atomic E-state index is 8.00. The van der Waals surface area contributed by atoms with E-state index in [-0.39, 0.29) is 4.70 Å². The number of imidazole rings is 1. The molecule has 0 fully saturated rings. The number of hydrogen-bond donors (Lipinski definition) is 0. The van der Waals surface area contributed by atoms with Crippen molar-refractivity contribution in [1.82, 2.24) is 14.6 Å². The van der Waals surface area contributed by atoms with Crippen molar-refractivity contribution in [1.29, 1.82) is 0 Å². The number of nitrogens with zero attached hydrogens (tertiary/aromatic N) is 3. The lowest BCUT2D eigenvalue weighted by molar-refractivity contribution is 0.108. The molecule has 0 spiro atoms. The molecule has 6 heteroatoms. The van der Waals surface area contributed by atoms with E-state index >= 15 is 0 Å². The predicted octanol–water partition coefficient (Wildman–Crippen LogP) is 2.03. The summed E-state index contributed by atoms with van der Waals surface area (Å²) in [6.45, 7) is 1.98. The van der Waals surface area contributed by atoms with Crippen LogP contribution in [0.3, 0.4) is 0 Å². The maximum absolute atomic E-state index is 8.00. The Bertz CT molecular complexity index is 361. The van der Waals surface area contributed by atoms with E-state index < -0.39 is 0 Å². The van der Waals surface area contributed by atoms with Gasteiger partial charge in [-0.1, -0.05) is 0 Å². The molecule has 0 radical (unpaired) electrons. The smallest absolute Gasteiger partial charge is 0.153 e. The molecule has 2 rings (SSSR count). The Kier molecular flexibility index (Phi) is 4.50. The van der Waals surface area contributed by atoms with Crippen molar-refractivity contribution in [3.63, 3.8) is 0 Å². The average Bonchev–Trinajstić information content (AvgIpc) is 2.53. The van der Waals surface area contributed by atoms with Gasteiger partial charge in [-0.25, -0.2) is 9.50 Å². The van der Waals surface area contributed by atoms with Crippen molar-refractivity contribution < 1.29 is 13.9 Å². The first kappa shape index (κ1) is 11.4. The minimum Gasteiger partial charge on any atom is -0.269 e. The van der Waals surface area contributed by atoms with Crippen molar-refractivity contribution in [2.45, 2.75) is 6.92 Å². The van der Waals surface area contributed by atoms with Crippen molar-refractivity contribution in [2.75, 3.05) is 0 Å². The van der Waals surface area contributed by atoms with Crippen LogP contribution in [-0.2, 0) is 0 Å². The van der Waals surface area contributed by atoms with Crippen LogP contribution in [0.1, 0.15) is 5.69 Å². The minimum absolute atomic E-state index is 0. The average molecular weight is 191 g/mol. The highest BCUT2D eigenvalue weighted by atomic mass is 20.0. The third-order valence-electron chi connectivity index (χ3n) is 1.45. The second-order valence-electron chi connectivity index (χ2n) is 2.19. The van der Waals surface area contributed by atoms with Crippen LogP contribution in [0, 0.1) is 6.92 Å². The van der Waals surface area contributed by atoms with Crippen LogP contribution in [-0.4, -0.2) is 14.6 Å². The van der Waals surface area contributed by atoms with Gasteiger partial charge in [0.25, 0.3) is 0 Å². The first-order valence-corrected chi connectivity index (χ1v) is 3.27. The number of rotatable bonds is 0. The van der Waals surface area contributed by atoms with Crippen molar-refractivity contribution in [2.24, 2.45) is 0 Å². The molecule has 2 aromatic heterocycles. The van der Waals surface area contributed by atoms with Crippen LogP contribution in [0.15, 0.2) is 24.5 Å². The Labute approximate surface area is 72.2 Å². The van der Waals surface area contributed by atoms with Crippen LogP contribution in [0.25, 0.3) is 5.65 Å². The molecule has 0 aromatic carbocycles. The summed E-state index contributed by atoms with van der Waals surface area (Å²) in [5.74, 6) is 0. The fourth-order valence-electron chi connectivity index (χ4n) is 0.948. The Balaban J connectivity index is 0.000000451. The molecular formula is C7H8F3N3. The highest BCUT2D eigenvalue weighted by molar-refractivity contribution is 5.36. The molecule has 0 atom stereocenters. The van der Waals surface area contributed by atoms with E-state index in [4.69, 9.17) is 9.15 Å². The Morgan fingerprint density at radius 2 is 2.08 bits per heavy atom. The highest BCUT2D eigenvalue weighted by Gasteiger charge is 1.94. The molecule has 2 heterocycles. The van der Waals surface area contributed by atoms with E-state index in [1.165, 1.54) is 0 Å². The Morgan fingerprint density at radius 1 is 1.38 bits per heavy atom. The fourth-order valence-corrected chi connectivity index (χ4v) is 0.948. The Hall–Kier alpha value is -1.59. The molecule has 0 aliphatic rings. The lowest BCUT2D eigenvalue weighted by Gasteiger charge is -1.90. The van der Waals surface area contributed by atoms with E-state index in [1.807, 2.05) is 25.3 Å². The van der Waals surface area contributed by atoms with Gasteiger partial charge in [-0.15, -0.1) is 0 Å². The van der Waals surface area contributed by atoms with E-state index in [1.54, 1.807) is 10.7 Å². The normalized spacial score (nSPS) is 8.54. The largest absolute Gasteiger partial charge is 0.269 e. The standard InChI is InChI=1S/C7H7N3.F2.FH/c1-6-5-8-7-3-2-4-9-10(6)7;1-2;/h2-5H,1H3;;1H. The third-order valence-corrected chi connectivity index (χ3v) is 1.45. The minimum atomic E-state index is 0. The summed E-state index contributed by atoms with van der Waals surface area (Å²) >= 11 is 0. The summed E-state index contributed by atoms with van der Waals surface area (Å²) in [6.07, 6.45) is 3.56. The Morgan fingerprint density at radius 3 is 2.69 bits per heavy atom. The van der Waals surface area contributed by atoms with Crippen LogP contribution in [0.4, 0.5) is 13.9 Å². The first-order chi connectivity index (χ1) is 5.88. The number of hydrogen-bond acceptors (Lipinski definition) is 2. The summed E-state index contributed by atoms with van der Waals surface area (Å²) in [6, 6.07) is 3.81. The number of halogens is 3. The summed E-state index contributed by atoms with van der Waals surface area (Å²) in [5.41, 5.74) is 1.97. The zero-order valence-corrected chi connectivity index (χ0v) is 6.82. The lowest BCUT2D eigenvalue weighted by atomic mass is 10.5. The molecule has 0 amide bonds. The zero-order valence-electron chi connectivity index (χ0n) is 6.82. The van der Waals surface area contributed by atoms with Gasteiger partial charge in [-0.3, -0.25) is 4.70 Å². The quantitative estimate of drug-likeness (QED) is 0.637. The van der Waals surface area contributed by atoms with Crippen molar-refractivity contribution in [3.8, 4) is 0 Å². The second kappa shape index (κ2) is 5.13. The topological polar surface area (TPSA) is 30.2 Å². The molecule has 0 saturated carbocycles. The van der Waals surface area contributed by atoms with E-state index in [2.05, 4.69) is 10.1 Å². The van der Waals surface area contributed by atoms with Crippen molar-refractivity contribution >= 4 is 5.65 Å². The predicted molar refractivity (Wildman–Crippen MR) is 42.4 cm³/mol. The third kappa shape index (κ3) is 2.17.